The van der Waals surface area contributed by atoms with Gasteiger partial charge in [0.15, 0.2) is 0 Å². The van der Waals surface area contributed by atoms with E-state index < -0.39 is 89.2 Å². The van der Waals surface area contributed by atoms with E-state index in [1.54, 1.807) is 91.0 Å². The standard InChI is InChI=1S/C45H54N6O12/c52-37(53)16-19-46-43(61)34(22-28-10-4-1-5-11-28)49-40(58)31-25-32(41(59)50-35(23-29-12-6-2-7-13-29)44(62)47-20-17-38(54)55)27-33(26-31)42(60)51-36(24-30-14-8-3-9-15-30)45(63)48-21-18-39(56)57/h1-15,31-36H,16-27H2,(H,46,61)(H,47,62)(H,48,63)(H,49,58)(H,50,59)(H,51,60)(H,52,53)(H,54,55)(H,56,57). The van der Waals surface area contributed by atoms with E-state index in [0.717, 1.165) is 0 Å². The largest absolute Gasteiger partial charge is 0.481 e. The highest BCUT2D eigenvalue weighted by Crippen LogP contribution is 2.35. The summed E-state index contributed by atoms with van der Waals surface area (Å²) in [7, 11) is 0. The number of benzene rings is 3. The van der Waals surface area contributed by atoms with Gasteiger partial charge >= 0.3 is 17.9 Å². The molecule has 1 saturated carbocycles. The Morgan fingerprint density at radius 2 is 0.651 bits per heavy atom. The van der Waals surface area contributed by atoms with Gasteiger partial charge in [0.25, 0.3) is 0 Å². The molecule has 0 bridgehead atoms. The molecule has 18 nitrogen and oxygen atoms in total. The summed E-state index contributed by atoms with van der Waals surface area (Å²) in [6.07, 6.45) is -1.32. The average molecular weight is 871 g/mol. The van der Waals surface area contributed by atoms with Crippen molar-refractivity contribution in [1.82, 2.24) is 31.9 Å². The summed E-state index contributed by atoms with van der Waals surface area (Å²) < 4.78 is 0. The summed E-state index contributed by atoms with van der Waals surface area (Å²) in [6, 6.07) is 22.8. The normalized spacial score (nSPS) is 17.0. The number of rotatable bonds is 24. The van der Waals surface area contributed by atoms with Gasteiger partial charge in [-0.1, -0.05) is 91.0 Å². The minimum absolute atomic E-state index is 0.0301. The second-order valence-corrected chi connectivity index (χ2v) is 15.4. The zero-order chi connectivity index (χ0) is 45.7. The van der Waals surface area contributed by atoms with Crippen LogP contribution in [0.2, 0.25) is 0 Å². The maximum Gasteiger partial charge on any atom is 0.305 e. The van der Waals surface area contributed by atoms with Gasteiger partial charge in [0.1, 0.15) is 18.1 Å². The van der Waals surface area contributed by atoms with E-state index in [0.29, 0.717) is 16.7 Å². The van der Waals surface area contributed by atoms with Crippen molar-refractivity contribution in [2.45, 2.75) is 75.9 Å². The highest BCUT2D eigenvalue weighted by Gasteiger charge is 2.41. The van der Waals surface area contributed by atoms with Crippen molar-refractivity contribution in [2.75, 3.05) is 19.6 Å². The summed E-state index contributed by atoms with van der Waals surface area (Å²) in [5.41, 5.74) is 2.06. The summed E-state index contributed by atoms with van der Waals surface area (Å²) in [5, 5.41) is 43.2. The van der Waals surface area contributed by atoms with Gasteiger partial charge in [-0.05, 0) is 36.0 Å². The molecule has 0 aliphatic heterocycles. The SMILES string of the molecule is O=C(O)CCNC(=O)C(Cc1ccccc1)NC(=O)C1CC(C(=O)NC(Cc2ccccc2)C(=O)NCCC(=O)O)CC(C(=O)NC(Cc2ccccc2)C(=O)NCCC(=O)O)C1. The maximum absolute atomic E-state index is 14.2. The van der Waals surface area contributed by atoms with E-state index in [1.165, 1.54) is 0 Å². The predicted molar refractivity (Wildman–Crippen MR) is 226 cm³/mol. The molecular formula is C45H54N6O12. The minimum Gasteiger partial charge on any atom is -0.481 e. The summed E-state index contributed by atoms with van der Waals surface area (Å²) >= 11 is 0. The molecule has 1 aliphatic carbocycles. The highest BCUT2D eigenvalue weighted by atomic mass is 16.4. The Bertz CT molecular complexity index is 1820. The third kappa shape index (κ3) is 17.1. The van der Waals surface area contributed by atoms with E-state index in [4.69, 9.17) is 15.3 Å². The van der Waals surface area contributed by atoms with E-state index in [2.05, 4.69) is 31.9 Å². The minimum atomic E-state index is -1.18. The zero-order valence-corrected chi connectivity index (χ0v) is 34.6. The van der Waals surface area contributed by atoms with Gasteiger partial charge < -0.3 is 47.2 Å². The van der Waals surface area contributed by atoms with Gasteiger partial charge in [0.05, 0.1) is 19.3 Å². The van der Waals surface area contributed by atoms with Gasteiger partial charge in [-0.2, -0.15) is 0 Å². The molecule has 0 aromatic heterocycles. The number of carbonyl (C=O) groups excluding carboxylic acids is 6. The molecular weight excluding hydrogens is 817 g/mol. The maximum atomic E-state index is 14.2. The van der Waals surface area contributed by atoms with Crippen LogP contribution in [0, 0.1) is 17.8 Å². The lowest BCUT2D eigenvalue weighted by atomic mass is 9.73. The quantitative estimate of drug-likeness (QED) is 0.0609. The van der Waals surface area contributed by atoms with Gasteiger partial charge in [-0.3, -0.25) is 43.2 Å². The first-order chi connectivity index (χ1) is 30.2. The van der Waals surface area contributed by atoms with Crippen LogP contribution in [0.1, 0.15) is 55.2 Å². The van der Waals surface area contributed by atoms with Crippen LogP contribution in [0.4, 0.5) is 0 Å². The molecule has 18 heteroatoms. The molecule has 9 N–H and O–H groups in total. The molecule has 0 radical (unpaired) electrons. The Labute approximate surface area is 364 Å². The van der Waals surface area contributed by atoms with Crippen LogP contribution < -0.4 is 31.9 Å². The fourth-order valence-corrected chi connectivity index (χ4v) is 7.25. The van der Waals surface area contributed by atoms with Gasteiger partial charge in [0, 0.05) is 56.7 Å². The second-order valence-electron chi connectivity index (χ2n) is 15.4. The predicted octanol–water partition coefficient (Wildman–Crippen LogP) is 0.974. The average Bonchev–Trinajstić information content (AvgIpc) is 3.26. The van der Waals surface area contributed by atoms with Crippen molar-refractivity contribution in [1.29, 1.82) is 0 Å². The smallest absolute Gasteiger partial charge is 0.305 e. The topological polar surface area (TPSA) is 286 Å². The molecule has 3 unspecified atom stereocenters. The Kier molecular flexibility index (Phi) is 19.2. The summed E-state index contributed by atoms with van der Waals surface area (Å²) in [4.78, 5) is 116. The molecule has 3 atom stereocenters. The fraction of sp³-hybridized carbons (Fsp3) is 0.400. The van der Waals surface area contributed by atoms with E-state index in [1.807, 2.05) is 0 Å². The molecule has 6 amide bonds. The molecule has 0 heterocycles. The molecule has 0 saturated heterocycles. The van der Waals surface area contributed by atoms with Crippen LogP contribution in [0.25, 0.3) is 0 Å². The summed E-state index contributed by atoms with van der Waals surface area (Å²) in [5.74, 6) is -10.5. The Morgan fingerprint density at radius 1 is 0.413 bits per heavy atom. The number of carbonyl (C=O) groups is 9. The number of nitrogens with one attached hydrogen (secondary N) is 6. The number of carboxylic acids is 3. The summed E-state index contributed by atoms with van der Waals surface area (Å²) in [6.45, 7) is -0.609. The van der Waals surface area contributed by atoms with Crippen LogP contribution in [-0.4, -0.2) is 106 Å². The Hall–Kier alpha value is -7.11. The van der Waals surface area contributed by atoms with Gasteiger partial charge in [-0.15, -0.1) is 0 Å². The first kappa shape index (κ1) is 48.6. The zero-order valence-electron chi connectivity index (χ0n) is 34.6. The Balaban J connectivity index is 1.63. The van der Waals surface area contributed by atoms with Crippen LogP contribution in [0.3, 0.4) is 0 Å². The molecule has 4 rings (SSSR count). The molecule has 0 spiro atoms. The molecule has 3 aromatic rings. The van der Waals surface area contributed by atoms with E-state index in [9.17, 15) is 43.2 Å². The lowest BCUT2D eigenvalue weighted by molar-refractivity contribution is -0.140. The van der Waals surface area contributed by atoms with Crippen LogP contribution in [-0.2, 0) is 62.4 Å². The number of carboxylic acid groups (broad SMARTS) is 3. The van der Waals surface area contributed by atoms with Crippen molar-refractivity contribution in [3.05, 3.63) is 108 Å². The van der Waals surface area contributed by atoms with Gasteiger partial charge in [0.2, 0.25) is 35.4 Å². The van der Waals surface area contributed by atoms with Crippen molar-refractivity contribution in [2.24, 2.45) is 17.8 Å². The number of amides is 6. The third-order valence-electron chi connectivity index (χ3n) is 10.5. The molecule has 336 valence electrons. The number of aliphatic carboxylic acids is 3. The lowest BCUT2D eigenvalue weighted by Crippen LogP contribution is -2.54. The number of hydrogen-bond acceptors (Lipinski definition) is 9. The van der Waals surface area contributed by atoms with Crippen LogP contribution >= 0.6 is 0 Å². The van der Waals surface area contributed by atoms with Gasteiger partial charge in [-0.25, -0.2) is 0 Å². The van der Waals surface area contributed by atoms with Crippen molar-refractivity contribution in [3.8, 4) is 0 Å². The van der Waals surface area contributed by atoms with Crippen molar-refractivity contribution < 1.29 is 58.5 Å². The van der Waals surface area contributed by atoms with Crippen molar-refractivity contribution >= 4 is 53.4 Å². The molecule has 1 aliphatic rings. The monoisotopic (exact) mass is 870 g/mol. The Morgan fingerprint density at radius 3 is 0.873 bits per heavy atom. The first-order valence-electron chi connectivity index (χ1n) is 20.7. The highest BCUT2D eigenvalue weighted by molar-refractivity contribution is 5.93. The second kappa shape index (κ2) is 25.0. The molecule has 63 heavy (non-hydrogen) atoms. The third-order valence-corrected chi connectivity index (χ3v) is 10.5. The van der Waals surface area contributed by atoms with Crippen LogP contribution in [0.15, 0.2) is 91.0 Å². The fourth-order valence-electron chi connectivity index (χ4n) is 7.25. The number of hydrogen-bond donors (Lipinski definition) is 9. The van der Waals surface area contributed by atoms with E-state index >= 15 is 0 Å². The van der Waals surface area contributed by atoms with E-state index in [-0.39, 0.29) is 77.4 Å². The lowest BCUT2D eigenvalue weighted by Gasteiger charge is -2.35. The van der Waals surface area contributed by atoms with Crippen molar-refractivity contribution in [3.63, 3.8) is 0 Å². The van der Waals surface area contributed by atoms with Crippen LogP contribution in [0.5, 0.6) is 0 Å². The molecule has 3 aromatic carbocycles. The first-order valence-corrected chi connectivity index (χ1v) is 20.7. The molecule has 1 fully saturated rings.